The minimum absolute atomic E-state index is 0.663. The van der Waals surface area contributed by atoms with Gasteiger partial charge in [0.25, 0.3) is 0 Å². The fourth-order valence-corrected chi connectivity index (χ4v) is 0.291. The Labute approximate surface area is 53.3 Å². The molecule has 5 nitrogen and oxygen atoms in total. The molecule has 0 bridgehead atoms. The molecule has 0 rings (SSSR count). The van der Waals surface area contributed by atoms with Crippen LogP contribution in [-0.4, -0.2) is 12.6 Å². The van der Waals surface area contributed by atoms with E-state index in [-0.39, 0.29) is 0 Å². The maximum Gasteiger partial charge on any atom is 0.373 e. The van der Waals surface area contributed by atoms with Crippen LogP contribution in [0.5, 0.6) is 0 Å². The molecule has 2 amide bonds. The Morgan fingerprint density at radius 1 is 1.78 bits per heavy atom. The monoisotopic (exact) mass is 130 g/mol. The van der Waals surface area contributed by atoms with E-state index in [0.717, 1.165) is 6.42 Å². The Balaban J connectivity index is 3.07. The largest absolute Gasteiger partial charge is 0.373 e. The molecule has 0 heterocycles. The van der Waals surface area contributed by atoms with Gasteiger partial charge >= 0.3 is 6.03 Å². The van der Waals surface area contributed by atoms with Gasteiger partial charge in [0.15, 0.2) is 0 Å². The first-order valence-corrected chi connectivity index (χ1v) is 2.71. The van der Waals surface area contributed by atoms with Gasteiger partial charge in [0, 0.05) is 6.54 Å². The molecule has 0 radical (unpaired) electrons. The molecule has 9 heavy (non-hydrogen) atoms. The highest BCUT2D eigenvalue weighted by atomic mass is 16.2. The molecule has 0 aliphatic carbocycles. The number of hydrazine groups is 1. The second kappa shape index (κ2) is 5.17. The SMILES string of the molecule is CCCNNC(=O)N=N. The molecule has 0 aromatic heterocycles. The van der Waals surface area contributed by atoms with E-state index in [2.05, 4.69) is 16.0 Å². The molecule has 5 heteroatoms. The quantitative estimate of drug-likeness (QED) is 0.298. The van der Waals surface area contributed by atoms with Gasteiger partial charge in [-0.15, -0.1) is 0 Å². The highest BCUT2D eigenvalue weighted by Crippen LogP contribution is 1.68. The smallest absolute Gasteiger partial charge is 0.270 e. The van der Waals surface area contributed by atoms with E-state index >= 15 is 0 Å². The van der Waals surface area contributed by atoms with Crippen molar-refractivity contribution in [2.75, 3.05) is 6.54 Å². The maximum absolute atomic E-state index is 10.2. The summed E-state index contributed by atoms with van der Waals surface area (Å²) in [5.41, 5.74) is 11.0. The topological polar surface area (TPSA) is 77.3 Å². The number of hydrogen-bond acceptors (Lipinski definition) is 3. The molecule has 0 spiro atoms. The van der Waals surface area contributed by atoms with Gasteiger partial charge in [0.05, 0.1) is 0 Å². The van der Waals surface area contributed by atoms with Crippen LogP contribution in [0, 0.1) is 5.53 Å². The summed E-state index contributed by atoms with van der Waals surface area (Å²) in [6.07, 6.45) is 0.929. The van der Waals surface area contributed by atoms with Crippen molar-refractivity contribution in [3.63, 3.8) is 0 Å². The van der Waals surface area contributed by atoms with Crippen molar-refractivity contribution in [3.8, 4) is 0 Å². The van der Waals surface area contributed by atoms with Crippen LogP contribution in [0.15, 0.2) is 5.11 Å². The first-order valence-electron chi connectivity index (χ1n) is 2.71. The van der Waals surface area contributed by atoms with E-state index in [9.17, 15) is 4.79 Å². The molecule has 0 saturated heterocycles. The third-order valence-corrected chi connectivity index (χ3v) is 0.672. The summed E-state index contributed by atoms with van der Waals surface area (Å²) in [5.74, 6) is 0. The van der Waals surface area contributed by atoms with Crippen molar-refractivity contribution in [1.82, 2.24) is 10.9 Å². The van der Waals surface area contributed by atoms with Crippen molar-refractivity contribution in [1.29, 1.82) is 5.53 Å². The Kier molecular flexibility index (Phi) is 4.61. The van der Waals surface area contributed by atoms with Crippen LogP contribution in [0.4, 0.5) is 4.79 Å². The van der Waals surface area contributed by atoms with Crippen LogP contribution < -0.4 is 10.9 Å². The van der Waals surface area contributed by atoms with Gasteiger partial charge in [-0.05, 0) is 6.42 Å². The molecule has 3 N–H and O–H groups in total. The number of rotatable bonds is 3. The lowest BCUT2D eigenvalue weighted by atomic mass is 10.5. The average Bonchev–Trinajstić information content (AvgIpc) is 1.89. The highest BCUT2D eigenvalue weighted by Gasteiger charge is 1.90. The highest BCUT2D eigenvalue weighted by molar-refractivity contribution is 5.73. The fourth-order valence-electron chi connectivity index (χ4n) is 0.291. The number of urea groups is 1. The number of carbonyl (C=O) groups excluding carboxylic acids is 1. The standard InChI is InChI=1S/C4H10N4O/c1-2-3-6-8-4(9)7-5/h5-6H,2-3H2,1H3,(H,8,9). The minimum atomic E-state index is -0.663. The van der Waals surface area contributed by atoms with Gasteiger partial charge in [-0.2, -0.15) is 5.53 Å². The molecule has 0 aliphatic rings. The second-order valence-corrected chi connectivity index (χ2v) is 1.47. The zero-order valence-corrected chi connectivity index (χ0v) is 5.27. The molecule has 0 unspecified atom stereocenters. The van der Waals surface area contributed by atoms with Gasteiger partial charge < -0.3 is 0 Å². The minimum Gasteiger partial charge on any atom is -0.270 e. The summed E-state index contributed by atoms with van der Waals surface area (Å²) in [5, 5.41) is 2.60. The Morgan fingerprint density at radius 3 is 2.89 bits per heavy atom. The predicted molar refractivity (Wildman–Crippen MR) is 32.0 cm³/mol. The van der Waals surface area contributed by atoms with Crippen molar-refractivity contribution < 1.29 is 4.79 Å². The molecule has 52 valence electrons. The van der Waals surface area contributed by atoms with Gasteiger partial charge in [-0.3, -0.25) is 5.43 Å². The first kappa shape index (κ1) is 8.03. The summed E-state index contributed by atoms with van der Waals surface area (Å²) in [7, 11) is 0. The van der Waals surface area contributed by atoms with Crippen LogP contribution in [0.2, 0.25) is 0 Å². The van der Waals surface area contributed by atoms with Crippen LogP contribution in [0.3, 0.4) is 0 Å². The predicted octanol–water partition coefficient (Wildman–Crippen LogP) is 0.642. The Hall–Kier alpha value is -0.970. The van der Waals surface area contributed by atoms with E-state index in [0.29, 0.717) is 6.54 Å². The number of amides is 2. The summed E-state index contributed by atoms with van der Waals surface area (Å²) in [6, 6.07) is -0.663. The zero-order chi connectivity index (χ0) is 7.11. The molecule has 0 saturated carbocycles. The fraction of sp³-hybridized carbons (Fsp3) is 0.750. The van der Waals surface area contributed by atoms with Gasteiger partial charge in [0.1, 0.15) is 0 Å². The number of hydrogen-bond donors (Lipinski definition) is 3. The van der Waals surface area contributed by atoms with Crippen molar-refractivity contribution >= 4 is 6.03 Å². The third kappa shape index (κ3) is 4.89. The average molecular weight is 130 g/mol. The Morgan fingerprint density at radius 2 is 2.44 bits per heavy atom. The van der Waals surface area contributed by atoms with Crippen molar-refractivity contribution in [2.45, 2.75) is 13.3 Å². The van der Waals surface area contributed by atoms with Crippen molar-refractivity contribution in [3.05, 3.63) is 0 Å². The molecular formula is C4H10N4O. The maximum atomic E-state index is 10.2. The second-order valence-electron chi connectivity index (χ2n) is 1.47. The van der Waals surface area contributed by atoms with E-state index < -0.39 is 6.03 Å². The first-order chi connectivity index (χ1) is 4.31. The van der Waals surface area contributed by atoms with Gasteiger partial charge in [-0.1, -0.05) is 12.0 Å². The van der Waals surface area contributed by atoms with E-state index in [1.807, 2.05) is 6.92 Å². The Bertz CT molecular complexity index is 103. The number of nitrogens with zero attached hydrogens (tertiary/aromatic N) is 1. The van der Waals surface area contributed by atoms with Gasteiger partial charge in [0.2, 0.25) is 0 Å². The van der Waals surface area contributed by atoms with E-state index in [1.165, 1.54) is 0 Å². The summed E-state index contributed by atoms with van der Waals surface area (Å²) >= 11 is 0. The zero-order valence-electron chi connectivity index (χ0n) is 5.27. The van der Waals surface area contributed by atoms with E-state index in [1.54, 1.807) is 0 Å². The van der Waals surface area contributed by atoms with Crippen LogP contribution in [0.25, 0.3) is 0 Å². The lowest BCUT2D eigenvalue weighted by Crippen LogP contribution is -2.35. The molecule has 0 atom stereocenters. The van der Waals surface area contributed by atoms with Gasteiger partial charge in [-0.25, -0.2) is 10.2 Å². The molecule has 0 fully saturated rings. The molecule has 0 aromatic rings. The normalized spacial score (nSPS) is 8.56. The molecular weight excluding hydrogens is 120 g/mol. The van der Waals surface area contributed by atoms with Crippen LogP contribution >= 0.6 is 0 Å². The summed E-state index contributed by atoms with van der Waals surface area (Å²) in [6.45, 7) is 2.66. The lowest BCUT2D eigenvalue weighted by Gasteiger charge is -1.98. The number of carbonyl (C=O) groups is 1. The van der Waals surface area contributed by atoms with Crippen molar-refractivity contribution in [2.24, 2.45) is 5.11 Å². The van der Waals surface area contributed by atoms with Crippen LogP contribution in [0.1, 0.15) is 13.3 Å². The van der Waals surface area contributed by atoms with Crippen LogP contribution in [-0.2, 0) is 0 Å². The molecule has 0 aromatic carbocycles. The van der Waals surface area contributed by atoms with E-state index in [4.69, 9.17) is 5.53 Å². The summed E-state index contributed by atoms with van der Waals surface area (Å²) in [4.78, 5) is 10.2. The molecule has 0 aliphatic heterocycles. The number of nitrogens with one attached hydrogen (secondary N) is 3. The lowest BCUT2D eigenvalue weighted by molar-refractivity contribution is 0.243. The third-order valence-electron chi connectivity index (χ3n) is 0.672. The summed E-state index contributed by atoms with van der Waals surface area (Å²) < 4.78 is 0.